The summed E-state index contributed by atoms with van der Waals surface area (Å²) in [4.78, 5) is 17.8. The van der Waals surface area contributed by atoms with E-state index in [4.69, 9.17) is 16.6 Å². The van der Waals surface area contributed by atoms with Crippen molar-refractivity contribution in [3.63, 3.8) is 0 Å². The number of carbonyl (C=O) groups is 1. The lowest BCUT2D eigenvalue weighted by molar-refractivity contribution is -0.122. The van der Waals surface area contributed by atoms with Gasteiger partial charge < -0.3 is 4.57 Å². The van der Waals surface area contributed by atoms with Gasteiger partial charge in [-0.1, -0.05) is 115 Å². The van der Waals surface area contributed by atoms with Gasteiger partial charge in [-0.05, 0) is 47.8 Å². The van der Waals surface area contributed by atoms with Crippen LogP contribution in [0.5, 0.6) is 0 Å². The Morgan fingerprint density at radius 1 is 0.814 bits per heavy atom. The number of ketones is 1. The summed E-state index contributed by atoms with van der Waals surface area (Å²) < 4.78 is 29.4. The Balaban J connectivity index is 1.44. The fraction of sp³-hybridized carbons (Fsp3) is 0.189. The first-order chi connectivity index (χ1) is 20.9. The Morgan fingerprint density at radius 2 is 1.35 bits per heavy atom. The van der Waals surface area contributed by atoms with E-state index in [9.17, 15) is 13.6 Å². The van der Waals surface area contributed by atoms with Crippen molar-refractivity contribution < 1.29 is 13.6 Å². The van der Waals surface area contributed by atoms with Crippen LogP contribution in [0.3, 0.4) is 0 Å². The van der Waals surface area contributed by atoms with Gasteiger partial charge in [0.15, 0.2) is 5.78 Å². The molecular weight excluding hydrogens is 562 g/mol. The van der Waals surface area contributed by atoms with E-state index in [0.717, 1.165) is 22.3 Å². The lowest BCUT2D eigenvalue weighted by Crippen LogP contribution is -2.36. The second kappa shape index (κ2) is 12.1. The summed E-state index contributed by atoms with van der Waals surface area (Å²) in [5.41, 5.74) is 4.63. The molecule has 0 unspecified atom stereocenters. The Bertz CT molecular complexity index is 1630. The quantitative estimate of drug-likeness (QED) is 0.133. The summed E-state index contributed by atoms with van der Waals surface area (Å²) in [6.07, 6.45) is 6.91. The Labute approximate surface area is 255 Å². The van der Waals surface area contributed by atoms with Crippen molar-refractivity contribution in [3.8, 4) is 11.3 Å². The highest BCUT2D eigenvalue weighted by atomic mass is 35.5. The largest absolute Gasteiger partial charge is 0.318 e. The van der Waals surface area contributed by atoms with Crippen molar-refractivity contribution in [1.29, 1.82) is 0 Å². The number of carbonyl (C=O) groups excluding carboxylic acids is 1. The van der Waals surface area contributed by atoms with E-state index in [1.807, 2.05) is 79.3 Å². The number of allylic oxidation sites excluding steroid dienone is 1. The maximum atomic E-state index is 13.6. The summed E-state index contributed by atoms with van der Waals surface area (Å²) >= 11 is 6.67. The predicted octanol–water partition coefficient (Wildman–Crippen LogP) is 9.45. The van der Waals surface area contributed by atoms with Crippen LogP contribution in [0.1, 0.15) is 47.9 Å². The van der Waals surface area contributed by atoms with Crippen LogP contribution in [-0.2, 0) is 10.3 Å². The van der Waals surface area contributed by atoms with Crippen molar-refractivity contribution in [2.45, 2.75) is 37.1 Å². The fourth-order valence-electron chi connectivity index (χ4n) is 6.19. The van der Waals surface area contributed by atoms with Gasteiger partial charge in [0.25, 0.3) is 0 Å². The molecule has 1 fully saturated rings. The van der Waals surface area contributed by atoms with Crippen LogP contribution in [0.15, 0.2) is 128 Å². The summed E-state index contributed by atoms with van der Waals surface area (Å²) in [7, 11) is 0. The minimum atomic E-state index is -2.68. The molecule has 0 aliphatic heterocycles. The number of alkyl halides is 2. The van der Waals surface area contributed by atoms with Gasteiger partial charge in [0.1, 0.15) is 5.54 Å². The van der Waals surface area contributed by atoms with Gasteiger partial charge >= 0.3 is 0 Å². The normalized spacial score (nSPS) is 15.5. The summed E-state index contributed by atoms with van der Waals surface area (Å²) in [5.74, 6) is -3.23. The van der Waals surface area contributed by atoms with Gasteiger partial charge in [0.2, 0.25) is 5.92 Å². The number of halogens is 3. The van der Waals surface area contributed by atoms with Crippen molar-refractivity contribution in [2.24, 2.45) is 5.92 Å². The van der Waals surface area contributed by atoms with Crippen LogP contribution in [0, 0.1) is 5.92 Å². The van der Waals surface area contributed by atoms with Gasteiger partial charge in [-0.15, -0.1) is 0 Å². The lowest BCUT2D eigenvalue weighted by atomic mass is 9.77. The van der Waals surface area contributed by atoms with Crippen LogP contribution in [0.2, 0.25) is 5.02 Å². The van der Waals surface area contributed by atoms with Crippen LogP contribution in [-0.4, -0.2) is 21.3 Å². The van der Waals surface area contributed by atoms with E-state index in [-0.39, 0.29) is 31.5 Å². The van der Waals surface area contributed by atoms with E-state index in [1.165, 1.54) is 6.08 Å². The smallest absolute Gasteiger partial charge is 0.248 e. The lowest BCUT2D eigenvalue weighted by Gasteiger charge is -2.37. The average molecular weight is 593 g/mol. The zero-order valence-electron chi connectivity index (χ0n) is 23.5. The molecule has 1 aliphatic carbocycles. The molecule has 0 saturated heterocycles. The van der Waals surface area contributed by atoms with Gasteiger partial charge in [0, 0.05) is 41.1 Å². The van der Waals surface area contributed by atoms with Crippen molar-refractivity contribution in [1.82, 2.24) is 9.55 Å². The number of hydrogen-bond donors (Lipinski definition) is 0. The first-order valence-corrected chi connectivity index (χ1v) is 14.9. The minimum absolute atomic E-state index is 0.150. The van der Waals surface area contributed by atoms with E-state index in [1.54, 1.807) is 12.1 Å². The van der Waals surface area contributed by atoms with Crippen molar-refractivity contribution >= 4 is 23.5 Å². The predicted molar refractivity (Wildman–Crippen MR) is 168 cm³/mol. The molecule has 3 nitrogen and oxygen atoms in total. The van der Waals surface area contributed by atoms with E-state index in [0.29, 0.717) is 16.3 Å². The molecule has 0 bridgehead atoms. The molecule has 0 radical (unpaired) electrons. The molecule has 43 heavy (non-hydrogen) atoms. The molecule has 0 spiro atoms. The summed E-state index contributed by atoms with van der Waals surface area (Å²) in [6.45, 7) is 0. The monoisotopic (exact) mass is 592 g/mol. The second-order valence-electron chi connectivity index (χ2n) is 11.0. The first kappa shape index (κ1) is 28.8. The fourth-order valence-corrected chi connectivity index (χ4v) is 6.42. The Hall–Kier alpha value is -4.35. The number of imidazole rings is 1. The number of nitrogens with zero attached hydrogens (tertiary/aromatic N) is 2. The van der Waals surface area contributed by atoms with Crippen LogP contribution in [0.4, 0.5) is 8.78 Å². The van der Waals surface area contributed by atoms with Crippen LogP contribution >= 0.6 is 11.6 Å². The van der Waals surface area contributed by atoms with Gasteiger partial charge in [-0.3, -0.25) is 4.79 Å². The third-order valence-electron chi connectivity index (χ3n) is 8.41. The maximum absolute atomic E-state index is 13.6. The Kier molecular flexibility index (Phi) is 8.09. The van der Waals surface area contributed by atoms with Crippen LogP contribution < -0.4 is 0 Å². The van der Waals surface area contributed by atoms with E-state index >= 15 is 0 Å². The van der Waals surface area contributed by atoms with Crippen molar-refractivity contribution in [3.05, 3.63) is 155 Å². The molecule has 1 aromatic heterocycles. The SMILES string of the molecule is O=C(/C=C/c1c(Cl)cccc1-c1cn(C(c2ccccc2)(c2ccccc2)c2ccccc2)cn1)C1CCC(F)(F)CC1. The highest BCUT2D eigenvalue weighted by molar-refractivity contribution is 6.32. The van der Waals surface area contributed by atoms with E-state index in [2.05, 4.69) is 41.0 Å². The third kappa shape index (κ3) is 5.70. The zero-order chi connectivity index (χ0) is 29.9. The van der Waals surface area contributed by atoms with Gasteiger partial charge in [-0.25, -0.2) is 13.8 Å². The summed E-state index contributed by atoms with van der Waals surface area (Å²) in [5, 5.41) is 0.478. The molecular formula is C37H31ClF2N2O. The molecule has 0 amide bonds. The van der Waals surface area contributed by atoms with Gasteiger partial charge in [0.05, 0.1) is 12.0 Å². The molecule has 1 aliphatic rings. The molecule has 6 heteroatoms. The van der Waals surface area contributed by atoms with Gasteiger partial charge in [-0.2, -0.15) is 0 Å². The molecule has 6 rings (SSSR count). The number of hydrogen-bond acceptors (Lipinski definition) is 2. The summed E-state index contributed by atoms with van der Waals surface area (Å²) in [6, 6.07) is 36.6. The highest BCUT2D eigenvalue weighted by Gasteiger charge is 2.39. The standard InChI is InChI=1S/C37H31ClF2N2O/c38-33-18-10-17-32(31(33)19-20-35(43)27-21-23-36(39,40)24-22-27)34-25-42(26-41-34)37(28-11-4-1-5-12-28,29-13-6-2-7-14-29)30-15-8-3-9-16-30/h1-20,25-27H,21-24H2/b20-19+. The first-order valence-electron chi connectivity index (χ1n) is 14.5. The Morgan fingerprint density at radius 3 is 1.88 bits per heavy atom. The topological polar surface area (TPSA) is 34.9 Å². The molecule has 1 saturated carbocycles. The molecule has 0 N–H and O–H groups in total. The molecule has 0 atom stereocenters. The third-order valence-corrected chi connectivity index (χ3v) is 8.74. The van der Waals surface area contributed by atoms with Crippen LogP contribution in [0.25, 0.3) is 17.3 Å². The maximum Gasteiger partial charge on any atom is 0.248 e. The highest BCUT2D eigenvalue weighted by Crippen LogP contribution is 2.42. The molecule has 5 aromatic rings. The molecule has 216 valence electrons. The minimum Gasteiger partial charge on any atom is -0.318 e. The average Bonchev–Trinajstić information content (AvgIpc) is 3.52. The zero-order valence-corrected chi connectivity index (χ0v) is 24.3. The second-order valence-corrected chi connectivity index (χ2v) is 11.4. The van der Waals surface area contributed by atoms with Crippen molar-refractivity contribution in [2.75, 3.05) is 0 Å². The number of benzene rings is 4. The molecule has 4 aromatic carbocycles. The number of rotatable bonds is 8. The van der Waals surface area contributed by atoms with E-state index < -0.39 is 17.4 Å². The number of aromatic nitrogens is 2. The molecule has 1 heterocycles.